The van der Waals surface area contributed by atoms with Crippen LogP contribution in [0.15, 0.2) is 18.2 Å². The fourth-order valence-corrected chi connectivity index (χ4v) is 2.50. The number of ether oxygens (including phenoxy) is 2. The number of hydrogen-bond donors (Lipinski definition) is 1. The average molecular weight is 314 g/mol. The molecule has 1 saturated heterocycles. The number of halogens is 2. The van der Waals surface area contributed by atoms with Crippen LogP contribution in [0.1, 0.15) is 18.4 Å². The summed E-state index contributed by atoms with van der Waals surface area (Å²) in [6.07, 6.45) is -0.993. The highest BCUT2D eigenvalue weighted by Crippen LogP contribution is 2.30. The second-order valence-corrected chi connectivity index (χ2v) is 5.35. The van der Waals surface area contributed by atoms with Gasteiger partial charge in [-0.2, -0.15) is 0 Å². The van der Waals surface area contributed by atoms with Crippen LogP contribution >= 0.6 is 0 Å². The van der Waals surface area contributed by atoms with Gasteiger partial charge in [-0.3, -0.25) is 4.79 Å². The monoisotopic (exact) mass is 314 g/mol. The fraction of sp³-hybridized carbons (Fsp3) is 0.533. The molecule has 7 heteroatoms. The summed E-state index contributed by atoms with van der Waals surface area (Å²) in [6.45, 7) is 0.143. The predicted octanol–water partition coefficient (Wildman–Crippen LogP) is 1.79. The Bertz CT molecular complexity index is 552. The predicted molar refractivity (Wildman–Crippen MR) is 77.1 cm³/mol. The van der Waals surface area contributed by atoms with E-state index in [0.29, 0.717) is 17.1 Å². The minimum Gasteiger partial charge on any atom is -0.497 e. The van der Waals surface area contributed by atoms with Gasteiger partial charge in [0.15, 0.2) is 0 Å². The molecule has 0 saturated carbocycles. The highest BCUT2D eigenvalue weighted by Gasteiger charge is 2.39. The summed E-state index contributed by atoms with van der Waals surface area (Å²) in [5.41, 5.74) is 6.31. The SMILES string of the molecule is COc1ccc(CN2CCC(F)(F)C[C@@H](N)C2=O)c(OC)c1. The van der Waals surface area contributed by atoms with E-state index < -0.39 is 24.3 Å². The van der Waals surface area contributed by atoms with E-state index >= 15 is 0 Å². The Labute approximate surface area is 128 Å². The number of likely N-dealkylation sites (tertiary alicyclic amines) is 1. The number of carbonyl (C=O) groups excluding carboxylic acids is 1. The van der Waals surface area contributed by atoms with E-state index in [2.05, 4.69) is 0 Å². The van der Waals surface area contributed by atoms with Crippen LogP contribution in [-0.2, 0) is 11.3 Å². The Balaban J connectivity index is 2.20. The maximum atomic E-state index is 13.5. The Kier molecular flexibility index (Phi) is 4.85. The Morgan fingerprint density at radius 1 is 1.36 bits per heavy atom. The summed E-state index contributed by atoms with van der Waals surface area (Å²) in [4.78, 5) is 13.5. The average Bonchev–Trinajstić information content (AvgIpc) is 2.58. The number of methoxy groups -OCH3 is 2. The van der Waals surface area contributed by atoms with E-state index in [4.69, 9.17) is 15.2 Å². The molecule has 2 N–H and O–H groups in total. The molecular weight excluding hydrogens is 294 g/mol. The summed E-state index contributed by atoms with van der Waals surface area (Å²) in [5, 5.41) is 0. The molecule has 1 aromatic rings. The molecule has 1 aromatic carbocycles. The lowest BCUT2D eigenvalue weighted by atomic mass is 10.1. The molecule has 122 valence electrons. The van der Waals surface area contributed by atoms with Gasteiger partial charge in [-0.15, -0.1) is 0 Å². The van der Waals surface area contributed by atoms with Crippen LogP contribution in [0, 0.1) is 0 Å². The third-order valence-corrected chi connectivity index (χ3v) is 3.75. The van der Waals surface area contributed by atoms with Crippen LogP contribution in [0.3, 0.4) is 0 Å². The molecule has 22 heavy (non-hydrogen) atoms. The molecule has 1 aliphatic heterocycles. The lowest BCUT2D eigenvalue weighted by molar-refractivity contribution is -0.132. The van der Waals surface area contributed by atoms with Crippen molar-refractivity contribution in [3.63, 3.8) is 0 Å². The van der Waals surface area contributed by atoms with Crippen molar-refractivity contribution < 1.29 is 23.0 Å². The number of alkyl halides is 2. The molecule has 1 atom stereocenters. The fourth-order valence-electron chi connectivity index (χ4n) is 2.50. The van der Waals surface area contributed by atoms with Crippen molar-refractivity contribution in [3.05, 3.63) is 23.8 Å². The first kappa shape index (κ1) is 16.5. The quantitative estimate of drug-likeness (QED) is 0.920. The first-order valence-electron chi connectivity index (χ1n) is 6.99. The molecule has 1 aliphatic rings. The van der Waals surface area contributed by atoms with Crippen molar-refractivity contribution in [1.29, 1.82) is 0 Å². The molecule has 0 radical (unpaired) electrons. The minimum absolute atomic E-state index is 0.0330. The van der Waals surface area contributed by atoms with Gasteiger partial charge in [0.05, 0.1) is 20.3 Å². The van der Waals surface area contributed by atoms with E-state index in [9.17, 15) is 13.6 Å². The number of amides is 1. The van der Waals surface area contributed by atoms with Crippen LogP contribution in [0.25, 0.3) is 0 Å². The molecule has 0 aliphatic carbocycles. The lowest BCUT2D eigenvalue weighted by Crippen LogP contribution is -2.42. The van der Waals surface area contributed by atoms with E-state index in [1.54, 1.807) is 18.2 Å². The summed E-state index contributed by atoms with van der Waals surface area (Å²) in [7, 11) is 3.04. The number of benzene rings is 1. The molecule has 0 aromatic heterocycles. The molecule has 0 spiro atoms. The topological polar surface area (TPSA) is 64.8 Å². The normalized spacial score (nSPS) is 21.4. The van der Waals surface area contributed by atoms with Crippen LogP contribution in [0.4, 0.5) is 8.78 Å². The molecule has 1 heterocycles. The van der Waals surface area contributed by atoms with E-state index in [-0.39, 0.29) is 19.5 Å². The highest BCUT2D eigenvalue weighted by molar-refractivity contribution is 5.82. The third-order valence-electron chi connectivity index (χ3n) is 3.75. The number of carbonyl (C=O) groups is 1. The molecule has 0 unspecified atom stereocenters. The van der Waals surface area contributed by atoms with Gasteiger partial charge in [-0.1, -0.05) is 0 Å². The third kappa shape index (κ3) is 3.65. The van der Waals surface area contributed by atoms with Gasteiger partial charge in [0.1, 0.15) is 11.5 Å². The summed E-state index contributed by atoms with van der Waals surface area (Å²) < 4.78 is 37.5. The minimum atomic E-state index is -2.91. The molecule has 1 amide bonds. The van der Waals surface area contributed by atoms with Crippen molar-refractivity contribution in [1.82, 2.24) is 4.90 Å². The number of nitrogens with zero attached hydrogens (tertiary/aromatic N) is 1. The first-order chi connectivity index (χ1) is 10.4. The Morgan fingerprint density at radius 3 is 2.73 bits per heavy atom. The van der Waals surface area contributed by atoms with Crippen LogP contribution < -0.4 is 15.2 Å². The smallest absolute Gasteiger partial charge is 0.251 e. The van der Waals surface area contributed by atoms with Crippen LogP contribution in [0.2, 0.25) is 0 Å². The molecule has 5 nitrogen and oxygen atoms in total. The van der Waals surface area contributed by atoms with Gasteiger partial charge >= 0.3 is 0 Å². The Hall–Kier alpha value is -1.89. The first-order valence-corrected chi connectivity index (χ1v) is 6.99. The standard InChI is InChI=1S/C15H20F2N2O3/c1-21-11-4-3-10(13(7-11)22-2)9-19-6-5-15(16,17)8-12(18)14(19)20/h3-4,7,12H,5-6,8-9,18H2,1-2H3/t12-/m1/s1. The second kappa shape index (κ2) is 6.48. The zero-order valence-electron chi connectivity index (χ0n) is 12.6. The van der Waals surface area contributed by atoms with Gasteiger partial charge in [0, 0.05) is 37.6 Å². The van der Waals surface area contributed by atoms with Gasteiger partial charge in [-0.05, 0) is 12.1 Å². The van der Waals surface area contributed by atoms with Gasteiger partial charge in [0.2, 0.25) is 5.91 Å². The van der Waals surface area contributed by atoms with E-state index in [1.807, 2.05) is 0 Å². The van der Waals surface area contributed by atoms with Crippen molar-refractivity contribution in [2.45, 2.75) is 31.4 Å². The summed E-state index contributed by atoms with van der Waals surface area (Å²) >= 11 is 0. The van der Waals surface area contributed by atoms with Crippen molar-refractivity contribution >= 4 is 5.91 Å². The van der Waals surface area contributed by atoms with Gasteiger partial charge in [0.25, 0.3) is 5.92 Å². The highest BCUT2D eigenvalue weighted by atomic mass is 19.3. The van der Waals surface area contributed by atoms with Gasteiger partial charge < -0.3 is 20.1 Å². The number of rotatable bonds is 4. The van der Waals surface area contributed by atoms with Crippen LogP contribution in [-0.4, -0.2) is 43.5 Å². The van der Waals surface area contributed by atoms with Gasteiger partial charge in [-0.25, -0.2) is 8.78 Å². The van der Waals surface area contributed by atoms with E-state index in [0.717, 1.165) is 0 Å². The molecule has 1 fully saturated rings. The number of nitrogens with two attached hydrogens (primary N) is 1. The second-order valence-electron chi connectivity index (χ2n) is 5.35. The maximum Gasteiger partial charge on any atom is 0.251 e. The van der Waals surface area contributed by atoms with E-state index in [1.165, 1.54) is 19.1 Å². The van der Waals surface area contributed by atoms with Crippen molar-refractivity contribution in [2.75, 3.05) is 20.8 Å². The van der Waals surface area contributed by atoms with Crippen molar-refractivity contribution in [3.8, 4) is 11.5 Å². The molecule has 2 rings (SSSR count). The summed E-state index contributed by atoms with van der Waals surface area (Å²) in [6, 6.07) is 3.99. The zero-order chi connectivity index (χ0) is 16.3. The Morgan fingerprint density at radius 2 is 2.09 bits per heavy atom. The molecular formula is C15H20F2N2O3. The zero-order valence-corrected chi connectivity index (χ0v) is 12.6. The number of hydrogen-bond acceptors (Lipinski definition) is 4. The summed E-state index contributed by atoms with van der Waals surface area (Å²) in [5.74, 6) is -2.22. The van der Waals surface area contributed by atoms with Crippen molar-refractivity contribution in [2.24, 2.45) is 5.73 Å². The lowest BCUT2D eigenvalue weighted by Gasteiger charge is -2.23. The van der Waals surface area contributed by atoms with Crippen LogP contribution in [0.5, 0.6) is 11.5 Å². The largest absolute Gasteiger partial charge is 0.497 e. The maximum absolute atomic E-state index is 13.5. The molecule has 0 bridgehead atoms.